The highest BCUT2D eigenvalue weighted by atomic mass is 35.5. The lowest BCUT2D eigenvalue weighted by Gasteiger charge is -2.15. The first kappa shape index (κ1) is 29.9. The molecule has 21 heteroatoms. The van der Waals surface area contributed by atoms with Crippen molar-refractivity contribution in [2.24, 2.45) is 15.3 Å². The predicted octanol–water partition coefficient (Wildman–Crippen LogP) is 4.60. The molecule has 0 aliphatic carbocycles. The highest BCUT2D eigenvalue weighted by molar-refractivity contribution is 7.86. The lowest BCUT2D eigenvalue weighted by atomic mass is 10.2. The maximum Gasteiger partial charge on any atom is 0.296 e. The number of amides is 1. The van der Waals surface area contributed by atoms with Crippen molar-refractivity contribution >= 4 is 101 Å². The molecule has 1 unspecified atom stereocenters. The molecule has 3 aromatic rings. The smallest absolute Gasteiger partial charge is 0.296 e. The number of rotatable bonds is 7. The van der Waals surface area contributed by atoms with E-state index in [2.05, 4.69) is 35.6 Å². The Hall–Kier alpha value is -3.03. The Morgan fingerprint density at radius 2 is 1.52 bits per heavy atom. The number of benzene rings is 2. The lowest BCUT2D eigenvalue weighted by molar-refractivity contribution is -0.117. The zero-order valence-corrected chi connectivity index (χ0v) is 24.0. The van der Waals surface area contributed by atoms with Gasteiger partial charge in [0.25, 0.3) is 26.1 Å². The van der Waals surface area contributed by atoms with Crippen molar-refractivity contribution < 1.29 is 30.7 Å². The van der Waals surface area contributed by atoms with Gasteiger partial charge >= 0.3 is 0 Å². The van der Waals surface area contributed by atoms with E-state index >= 15 is 0 Å². The van der Waals surface area contributed by atoms with Crippen molar-refractivity contribution in [2.75, 3.05) is 10.3 Å². The fourth-order valence-electron chi connectivity index (χ4n) is 3.25. The molecule has 1 atom stereocenters. The highest BCUT2D eigenvalue weighted by Crippen LogP contribution is 2.37. The first-order valence-corrected chi connectivity index (χ1v) is 14.7. The topological polar surface area (TPSA) is 217 Å². The predicted molar refractivity (Wildman–Crippen MR) is 145 cm³/mol. The second-order valence-corrected chi connectivity index (χ2v) is 12.0. The number of anilines is 3. The second-order valence-electron chi connectivity index (χ2n) is 7.70. The summed E-state index contributed by atoms with van der Waals surface area (Å²) in [5.74, 6) is -0.915. The van der Waals surface area contributed by atoms with Crippen molar-refractivity contribution in [3.8, 4) is 0 Å². The number of azo groups is 1. The van der Waals surface area contributed by atoms with E-state index in [4.69, 9.17) is 46.4 Å². The Bertz CT molecular complexity index is 1820. The molecule has 0 saturated carbocycles. The van der Waals surface area contributed by atoms with E-state index in [-0.39, 0.29) is 44.3 Å². The average molecular weight is 670 g/mol. The Balaban J connectivity index is 1.63. The van der Waals surface area contributed by atoms with E-state index in [9.17, 15) is 30.7 Å². The molecule has 1 aliphatic rings. The van der Waals surface area contributed by atoms with Gasteiger partial charge in [-0.3, -0.25) is 13.9 Å². The van der Waals surface area contributed by atoms with Crippen LogP contribution in [0.2, 0.25) is 20.6 Å². The minimum Gasteiger partial charge on any atom is -0.324 e. The molecule has 0 saturated heterocycles. The summed E-state index contributed by atoms with van der Waals surface area (Å²) in [7, 11) is -9.54. The van der Waals surface area contributed by atoms with E-state index < -0.39 is 47.0 Å². The van der Waals surface area contributed by atoms with Crippen LogP contribution in [-0.4, -0.2) is 58.6 Å². The summed E-state index contributed by atoms with van der Waals surface area (Å²) < 4.78 is 66.0. The van der Waals surface area contributed by atoms with Crippen molar-refractivity contribution in [1.82, 2.24) is 15.0 Å². The molecule has 0 fully saturated rings. The van der Waals surface area contributed by atoms with Crippen LogP contribution < -0.4 is 10.3 Å². The maximum absolute atomic E-state index is 13.0. The second kappa shape index (κ2) is 11.1. The monoisotopic (exact) mass is 668 g/mol. The summed E-state index contributed by atoms with van der Waals surface area (Å²) in [6.45, 7) is 1.42. The largest absolute Gasteiger partial charge is 0.324 e. The van der Waals surface area contributed by atoms with Gasteiger partial charge in [-0.2, -0.15) is 52.1 Å². The van der Waals surface area contributed by atoms with Crippen molar-refractivity contribution in [2.45, 2.75) is 22.8 Å². The van der Waals surface area contributed by atoms with E-state index in [1.807, 2.05) is 0 Å². The Morgan fingerprint density at radius 3 is 2.12 bits per heavy atom. The molecule has 2 heterocycles. The summed E-state index contributed by atoms with van der Waals surface area (Å²) in [6.07, 6.45) is 0. The SMILES string of the molecule is CC1=NN(c2cc(Cl)c(S(=O)(=O)O)cc2Cl)C(=O)C1N=Nc1ccc(Nc2nc(Cl)nc(Cl)n2)cc1S(=O)(=O)O. The third-order valence-electron chi connectivity index (χ3n) is 4.96. The molecule has 2 aromatic carbocycles. The van der Waals surface area contributed by atoms with Gasteiger partial charge < -0.3 is 5.32 Å². The summed E-state index contributed by atoms with van der Waals surface area (Å²) in [6, 6.07) is 4.02. The molecule has 3 N–H and O–H groups in total. The van der Waals surface area contributed by atoms with Crippen LogP contribution in [0.1, 0.15) is 6.92 Å². The number of aromatic nitrogens is 3. The number of nitrogens with one attached hydrogen (secondary N) is 1. The molecule has 1 aromatic heterocycles. The molecular weight excluding hydrogens is 658 g/mol. The van der Waals surface area contributed by atoms with Gasteiger partial charge in [-0.1, -0.05) is 23.2 Å². The van der Waals surface area contributed by atoms with Gasteiger partial charge in [-0.05, 0) is 60.5 Å². The molecule has 0 bridgehead atoms. The van der Waals surface area contributed by atoms with E-state index in [1.165, 1.54) is 19.1 Å². The van der Waals surface area contributed by atoms with E-state index in [0.717, 1.165) is 23.2 Å². The number of carbonyl (C=O) groups is 1. The van der Waals surface area contributed by atoms with Gasteiger partial charge in [0.2, 0.25) is 16.5 Å². The fourth-order valence-corrected chi connectivity index (χ4v) is 5.60. The first-order chi connectivity index (χ1) is 18.5. The van der Waals surface area contributed by atoms with Crippen LogP contribution in [0.15, 0.2) is 55.5 Å². The molecule has 1 aliphatic heterocycles. The van der Waals surface area contributed by atoms with Crippen LogP contribution in [0.5, 0.6) is 0 Å². The van der Waals surface area contributed by atoms with E-state index in [1.54, 1.807) is 0 Å². The van der Waals surface area contributed by atoms with Crippen LogP contribution in [0.3, 0.4) is 0 Å². The standard InChI is InChI=1S/C19H12Cl4N8O7S2/c1-7-15(16(32)31(30-7)12-5-10(21)13(6-9(12)20)39(33,34)35)29-28-11-3-2-8(4-14(11)40(36,37)38)24-19-26-17(22)25-18(23)27-19/h2-6,15H,1H3,(H,33,34,35)(H,36,37,38)(H,24,25,26,27). The first-order valence-electron chi connectivity index (χ1n) is 10.3. The van der Waals surface area contributed by atoms with Gasteiger partial charge in [-0.15, -0.1) is 0 Å². The van der Waals surface area contributed by atoms with Gasteiger partial charge in [-0.25, -0.2) is 0 Å². The maximum atomic E-state index is 13.0. The van der Waals surface area contributed by atoms with Gasteiger partial charge in [0.05, 0.1) is 21.4 Å². The zero-order chi connectivity index (χ0) is 29.6. The van der Waals surface area contributed by atoms with Gasteiger partial charge in [0, 0.05) is 5.69 Å². The third-order valence-corrected chi connectivity index (χ3v) is 7.80. The van der Waals surface area contributed by atoms with E-state index in [0.29, 0.717) is 0 Å². The zero-order valence-electron chi connectivity index (χ0n) is 19.4. The summed E-state index contributed by atoms with van der Waals surface area (Å²) in [4.78, 5) is 22.9. The fraction of sp³-hybridized carbons (Fsp3) is 0.105. The molecule has 0 spiro atoms. The van der Waals surface area contributed by atoms with Crippen molar-refractivity contribution in [3.05, 3.63) is 50.9 Å². The molecule has 0 radical (unpaired) electrons. The number of hydrazone groups is 1. The summed E-state index contributed by atoms with van der Waals surface area (Å²) >= 11 is 23.5. The number of hydrogen-bond acceptors (Lipinski definition) is 12. The van der Waals surface area contributed by atoms with Crippen molar-refractivity contribution in [3.63, 3.8) is 0 Å². The molecular formula is C19H12Cl4N8O7S2. The molecule has 4 rings (SSSR count). The molecule has 1 amide bonds. The van der Waals surface area contributed by atoms with Crippen molar-refractivity contribution in [1.29, 1.82) is 0 Å². The molecule has 210 valence electrons. The van der Waals surface area contributed by atoms with Crippen LogP contribution >= 0.6 is 46.4 Å². The third kappa shape index (κ3) is 6.47. The van der Waals surface area contributed by atoms with Crippen LogP contribution in [-0.2, 0) is 25.0 Å². The van der Waals surface area contributed by atoms with Gasteiger partial charge in [0.15, 0.2) is 6.04 Å². The highest BCUT2D eigenvalue weighted by Gasteiger charge is 2.36. The number of carbonyl (C=O) groups excluding carboxylic acids is 1. The number of nitrogens with zero attached hydrogens (tertiary/aromatic N) is 7. The normalized spacial score (nSPS) is 16.1. The lowest BCUT2D eigenvalue weighted by Crippen LogP contribution is -2.30. The Morgan fingerprint density at radius 1 is 0.900 bits per heavy atom. The number of hydrogen-bond donors (Lipinski definition) is 3. The number of halogens is 4. The minimum absolute atomic E-state index is 0.0885. The quantitative estimate of drug-likeness (QED) is 0.233. The minimum atomic E-state index is -4.84. The molecule has 15 nitrogen and oxygen atoms in total. The van der Waals surface area contributed by atoms with Crippen LogP contribution in [0, 0.1) is 0 Å². The summed E-state index contributed by atoms with van der Waals surface area (Å²) in [5.41, 5.74) is -0.258. The summed E-state index contributed by atoms with van der Waals surface area (Å²) in [5, 5.41) is 14.0. The van der Waals surface area contributed by atoms with Crippen LogP contribution in [0.4, 0.5) is 23.0 Å². The van der Waals surface area contributed by atoms with Gasteiger partial charge in [0.1, 0.15) is 15.5 Å². The Kier molecular flexibility index (Phi) is 8.30. The molecule has 40 heavy (non-hydrogen) atoms. The van der Waals surface area contributed by atoms with Crippen LogP contribution in [0.25, 0.3) is 0 Å². The average Bonchev–Trinajstić information content (AvgIpc) is 3.10. The Labute approximate surface area is 245 Å².